The standard InChI is InChI=1S/C15H15ClN4O/c1-21-12-4-2-3-10(7-12)5-6-20-14-13(19-15(20)17)8-11(16)9-18-14/h2-4,7-9H,5-6H2,1H3,(H2,17,19). The van der Waals surface area contributed by atoms with E-state index in [2.05, 4.69) is 16.0 Å². The molecule has 6 heteroatoms. The van der Waals surface area contributed by atoms with Crippen molar-refractivity contribution >= 4 is 28.7 Å². The highest BCUT2D eigenvalue weighted by atomic mass is 35.5. The van der Waals surface area contributed by atoms with Crippen molar-refractivity contribution in [2.24, 2.45) is 0 Å². The Balaban J connectivity index is 1.86. The number of pyridine rings is 1. The number of aryl methyl sites for hydroxylation is 2. The molecular formula is C15H15ClN4O. The van der Waals surface area contributed by atoms with Crippen LogP contribution >= 0.6 is 11.6 Å². The molecule has 2 aromatic heterocycles. The lowest BCUT2D eigenvalue weighted by Crippen LogP contribution is -2.06. The van der Waals surface area contributed by atoms with Gasteiger partial charge in [-0.05, 0) is 30.2 Å². The van der Waals surface area contributed by atoms with E-state index in [-0.39, 0.29) is 0 Å². The van der Waals surface area contributed by atoms with E-state index < -0.39 is 0 Å². The fourth-order valence-corrected chi connectivity index (χ4v) is 2.45. The van der Waals surface area contributed by atoms with Crippen molar-refractivity contribution < 1.29 is 4.74 Å². The van der Waals surface area contributed by atoms with Crippen molar-refractivity contribution in [3.8, 4) is 5.75 Å². The Morgan fingerprint density at radius 3 is 3.00 bits per heavy atom. The number of benzene rings is 1. The molecule has 21 heavy (non-hydrogen) atoms. The molecule has 2 heterocycles. The Labute approximate surface area is 127 Å². The minimum absolute atomic E-state index is 0.447. The van der Waals surface area contributed by atoms with Gasteiger partial charge in [0.15, 0.2) is 5.65 Å². The molecule has 0 aliphatic rings. The van der Waals surface area contributed by atoms with Crippen LogP contribution in [0.1, 0.15) is 5.56 Å². The summed E-state index contributed by atoms with van der Waals surface area (Å²) in [6.07, 6.45) is 2.42. The Morgan fingerprint density at radius 2 is 2.19 bits per heavy atom. The second-order valence-electron chi connectivity index (χ2n) is 4.72. The number of hydrogen-bond acceptors (Lipinski definition) is 4. The molecule has 0 saturated carbocycles. The van der Waals surface area contributed by atoms with Gasteiger partial charge in [-0.15, -0.1) is 0 Å². The van der Waals surface area contributed by atoms with Crippen LogP contribution in [0.15, 0.2) is 36.5 Å². The number of ether oxygens (including phenoxy) is 1. The maximum Gasteiger partial charge on any atom is 0.202 e. The van der Waals surface area contributed by atoms with Gasteiger partial charge in [0.05, 0.1) is 12.1 Å². The first-order chi connectivity index (χ1) is 10.2. The summed E-state index contributed by atoms with van der Waals surface area (Å²) < 4.78 is 7.12. The second kappa shape index (κ2) is 5.61. The van der Waals surface area contributed by atoms with Crippen molar-refractivity contribution in [1.29, 1.82) is 0 Å². The zero-order valence-corrected chi connectivity index (χ0v) is 12.3. The van der Waals surface area contributed by atoms with Gasteiger partial charge in [0, 0.05) is 12.7 Å². The molecular weight excluding hydrogens is 288 g/mol. The number of fused-ring (bicyclic) bond motifs is 1. The number of nitrogens with zero attached hydrogens (tertiary/aromatic N) is 3. The van der Waals surface area contributed by atoms with Gasteiger partial charge < -0.3 is 10.5 Å². The lowest BCUT2D eigenvalue weighted by molar-refractivity contribution is 0.414. The predicted octanol–water partition coefficient (Wildman–Crippen LogP) is 2.92. The van der Waals surface area contributed by atoms with E-state index in [1.165, 1.54) is 5.56 Å². The average Bonchev–Trinajstić information content (AvgIpc) is 2.80. The fourth-order valence-electron chi connectivity index (χ4n) is 2.29. The van der Waals surface area contributed by atoms with E-state index in [1.54, 1.807) is 19.4 Å². The van der Waals surface area contributed by atoms with E-state index in [0.717, 1.165) is 17.8 Å². The number of imidazole rings is 1. The second-order valence-corrected chi connectivity index (χ2v) is 5.16. The number of nitrogen functional groups attached to an aromatic ring is 1. The van der Waals surface area contributed by atoms with Crippen LogP contribution in [0.5, 0.6) is 5.75 Å². The smallest absolute Gasteiger partial charge is 0.202 e. The number of anilines is 1. The van der Waals surface area contributed by atoms with Crippen molar-refractivity contribution in [1.82, 2.24) is 14.5 Å². The average molecular weight is 303 g/mol. The number of methoxy groups -OCH3 is 1. The lowest BCUT2D eigenvalue weighted by Gasteiger charge is -2.07. The molecule has 0 unspecified atom stereocenters. The lowest BCUT2D eigenvalue weighted by atomic mass is 10.1. The van der Waals surface area contributed by atoms with Crippen molar-refractivity contribution in [3.05, 3.63) is 47.1 Å². The van der Waals surface area contributed by atoms with Gasteiger partial charge in [-0.3, -0.25) is 4.57 Å². The summed E-state index contributed by atoms with van der Waals surface area (Å²) in [7, 11) is 1.66. The van der Waals surface area contributed by atoms with E-state index in [0.29, 0.717) is 23.0 Å². The molecule has 0 bridgehead atoms. The Hall–Kier alpha value is -2.27. The first-order valence-corrected chi connectivity index (χ1v) is 6.95. The molecule has 0 saturated heterocycles. The highest BCUT2D eigenvalue weighted by Gasteiger charge is 2.10. The van der Waals surface area contributed by atoms with Gasteiger partial charge >= 0.3 is 0 Å². The predicted molar refractivity (Wildman–Crippen MR) is 83.6 cm³/mol. The molecule has 0 atom stereocenters. The van der Waals surface area contributed by atoms with E-state index in [1.807, 2.05) is 22.8 Å². The molecule has 5 nitrogen and oxygen atoms in total. The quantitative estimate of drug-likeness (QED) is 0.804. The molecule has 0 aliphatic heterocycles. The number of rotatable bonds is 4. The van der Waals surface area contributed by atoms with E-state index >= 15 is 0 Å². The summed E-state index contributed by atoms with van der Waals surface area (Å²) in [5.74, 6) is 1.29. The number of nitrogens with two attached hydrogens (primary N) is 1. The highest BCUT2D eigenvalue weighted by molar-refractivity contribution is 6.31. The third kappa shape index (κ3) is 2.78. The van der Waals surface area contributed by atoms with Gasteiger partial charge in [0.1, 0.15) is 11.3 Å². The summed E-state index contributed by atoms with van der Waals surface area (Å²) in [5.41, 5.74) is 8.60. The Bertz CT molecular complexity index is 784. The molecule has 0 spiro atoms. The van der Waals surface area contributed by atoms with Gasteiger partial charge in [0.2, 0.25) is 5.95 Å². The van der Waals surface area contributed by atoms with Crippen LogP contribution in [0.3, 0.4) is 0 Å². The first-order valence-electron chi connectivity index (χ1n) is 6.57. The molecule has 108 valence electrons. The third-order valence-corrected chi connectivity index (χ3v) is 3.55. The van der Waals surface area contributed by atoms with Gasteiger partial charge in [-0.25, -0.2) is 9.97 Å². The van der Waals surface area contributed by atoms with Gasteiger partial charge in [-0.2, -0.15) is 0 Å². The minimum Gasteiger partial charge on any atom is -0.497 e. The molecule has 1 aromatic carbocycles. The minimum atomic E-state index is 0.447. The van der Waals surface area contributed by atoms with Crippen LogP contribution in [0.25, 0.3) is 11.2 Å². The summed E-state index contributed by atoms with van der Waals surface area (Å²) in [4.78, 5) is 8.60. The van der Waals surface area contributed by atoms with Gasteiger partial charge in [-0.1, -0.05) is 23.7 Å². The van der Waals surface area contributed by atoms with Crippen molar-refractivity contribution in [2.45, 2.75) is 13.0 Å². The number of hydrogen-bond donors (Lipinski definition) is 1. The van der Waals surface area contributed by atoms with Gasteiger partial charge in [0.25, 0.3) is 0 Å². The molecule has 0 radical (unpaired) electrons. The fraction of sp³-hybridized carbons (Fsp3) is 0.200. The third-order valence-electron chi connectivity index (χ3n) is 3.34. The topological polar surface area (TPSA) is 66.0 Å². The summed E-state index contributed by atoms with van der Waals surface area (Å²) in [6, 6.07) is 9.74. The van der Waals surface area contributed by atoms with Crippen molar-refractivity contribution in [3.63, 3.8) is 0 Å². The van der Waals surface area contributed by atoms with Crippen LogP contribution in [0.2, 0.25) is 5.02 Å². The summed E-state index contributed by atoms with van der Waals surface area (Å²) >= 11 is 5.92. The first kappa shape index (κ1) is 13.7. The SMILES string of the molecule is COc1cccc(CCn2c(N)nc3cc(Cl)cnc32)c1. The molecule has 0 amide bonds. The summed E-state index contributed by atoms with van der Waals surface area (Å²) in [5, 5.41) is 0.556. The van der Waals surface area contributed by atoms with Crippen molar-refractivity contribution in [2.75, 3.05) is 12.8 Å². The Morgan fingerprint density at radius 1 is 1.33 bits per heavy atom. The highest BCUT2D eigenvalue weighted by Crippen LogP contribution is 2.20. The van der Waals surface area contributed by atoms with Crippen LogP contribution in [0, 0.1) is 0 Å². The van der Waals surface area contributed by atoms with Crippen LogP contribution in [-0.2, 0) is 13.0 Å². The Kier molecular flexibility index (Phi) is 3.66. The normalized spacial score (nSPS) is 11.0. The van der Waals surface area contributed by atoms with E-state index in [4.69, 9.17) is 22.1 Å². The zero-order chi connectivity index (χ0) is 14.8. The summed E-state index contributed by atoms with van der Waals surface area (Å²) in [6.45, 7) is 0.699. The monoisotopic (exact) mass is 302 g/mol. The number of halogens is 1. The molecule has 3 rings (SSSR count). The molecule has 2 N–H and O–H groups in total. The number of aromatic nitrogens is 3. The van der Waals surface area contributed by atoms with Crippen LogP contribution < -0.4 is 10.5 Å². The van der Waals surface area contributed by atoms with E-state index in [9.17, 15) is 0 Å². The van der Waals surface area contributed by atoms with Crippen LogP contribution in [-0.4, -0.2) is 21.6 Å². The van der Waals surface area contributed by atoms with Crippen LogP contribution in [0.4, 0.5) is 5.95 Å². The maximum atomic E-state index is 5.97. The maximum absolute atomic E-state index is 5.97. The largest absolute Gasteiger partial charge is 0.497 e. The molecule has 3 aromatic rings. The molecule has 0 fully saturated rings. The zero-order valence-electron chi connectivity index (χ0n) is 11.6. The molecule has 0 aliphatic carbocycles.